The lowest BCUT2D eigenvalue weighted by Crippen LogP contribution is -2.18. The van der Waals surface area contributed by atoms with Crippen LogP contribution < -0.4 is 10.6 Å². The van der Waals surface area contributed by atoms with Crippen LogP contribution in [0.4, 0.5) is 11.4 Å². The summed E-state index contributed by atoms with van der Waals surface area (Å²) in [6, 6.07) is 9.01. The summed E-state index contributed by atoms with van der Waals surface area (Å²) in [6.45, 7) is 0. The van der Waals surface area contributed by atoms with Crippen LogP contribution in [0, 0.1) is 0 Å². The van der Waals surface area contributed by atoms with E-state index in [1.807, 2.05) is 0 Å². The number of aromatic hydroxyl groups is 1. The molecule has 1 aromatic heterocycles. The Hall–Kier alpha value is -1.96. The van der Waals surface area contributed by atoms with E-state index in [0.717, 1.165) is 11.3 Å². The van der Waals surface area contributed by atoms with E-state index >= 15 is 0 Å². The highest BCUT2D eigenvalue weighted by Crippen LogP contribution is 2.35. The third-order valence-electron chi connectivity index (χ3n) is 3.82. The second-order valence-electron chi connectivity index (χ2n) is 5.80. The van der Waals surface area contributed by atoms with Gasteiger partial charge >= 0.3 is 0 Å². The maximum atomic E-state index is 12.8. The first-order valence-electron chi connectivity index (χ1n) is 8.02. The molecule has 0 aliphatic heterocycles. The van der Waals surface area contributed by atoms with Crippen molar-refractivity contribution in [2.24, 2.45) is 0 Å². The number of rotatable bonds is 5. The van der Waals surface area contributed by atoms with Crippen LogP contribution in [0.1, 0.15) is 25.6 Å². The minimum Gasteiger partial charge on any atom is -0.506 e. The molecule has 5 nitrogen and oxygen atoms in total. The van der Waals surface area contributed by atoms with E-state index < -0.39 is 11.8 Å². The molecule has 0 saturated heterocycles. The fraction of sp³-hybridized carbons (Fsp3) is 0.0526. The van der Waals surface area contributed by atoms with E-state index in [4.69, 9.17) is 46.4 Å². The van der Waals surface area contributed by atoms with Gasteiger partial charge in [0.25, 0.3) is 11.8 Å². The second-order valence-corrected chi connectivity index (χ2v) is 8.20. The Balaban J connectivity index is 1.92. The standard InChI is InChI=1S/C19H12Cl4N2O3S/c20-7-9-8-29-17(15(9)23)19(28)25-16-13(5-11(22)6-14(16)26)18(27)24-12-3-1-10(21)2-4-12/h1-6,8,26H,7H2,(H,24,27)(H,25,28). The highest BCUT2D eigenvalue weighted by molar-refractivity contribution is 7.13. The Morgan fingerprint density at radius 2 is 1.66 bits per heavy atom. The first kappa shape index (κ1) is 21.7. The van der Waals surface area contributed by atoms with Crippen LogP contribution >= 0.6 is 57.7 Å². The number of phenols is 1. The summed E-state index contributed by atoms with van der Waals surface area (Å²) in [6.07, 6.45) is 0. The molecule has 2 amide bonds. The van der Waals surface area contributed by atoms with Crippen molar-refractivity contribution in [2.75, 3.05) is 10.6 Å². The average Bonchev–Trinajstić information content (AvgIpc) is 3.06. The van der Waals surface area contributed by atoms with Crippen molar-refractivity contribution in [1.29, 1.82) is 0 Å². The number of anilines is 2. The molecule has 3 rings (SSSR count). The number of phenolic OH excluding ortho intramolecular Hbond substituents is 1. The van der Waals surface area contributed by atoms with E-state index in [1.165, 1.54) is 12.1 Å². The zero-order valence-electron chi connectivity index (χ0n) is 14.4. The Labute approximate surface area is 190 Å². The number of carbonyl (C=O) groups excluding carboxylic acids is 2. The number of carbonyl (C=O) groups is 2. The fourth-order valence-electron chi connectivity index (χ4n) is 2.43. The molecule has 29 heavy (non-hydrogen) atoms. The normalized spacial score (nSPS) is 10.6. The molecule has 0 fully saturated rings. The van der Waals surface area contributed by atoms with Crippen molar-refractivity contribution >= 4 is 80.9 Å². The molecule has 150 valence electrons. The first-order chi connectivity index (χ1) is 13.8. The summed E-state index contributed by atoms with van der Waals surface area (Å²) >= 11 is 24.9. The first-order valence-corrected chi connectivity index (χ1v) is 10.6. The molecule has 0 radical (unpaired) electrons. The van der Waals surface area contributed by atoms with Gasteiger partial charge < -0.3 is 15.7 Å². The third kappa shape index (κ3) is 4.97. The minimum atomic E-state index is -0.588. The number of amides is 2. The van der Waals surface area contributed by atoms with Crippen molar-refractivity contribution in [3.8, 4) is 5.75 Å². The Bertz CT molecular complexity index is 1080. The molecule has 0 atom stereocenters. The van der Waals surface area contributed by atoms with Crippen LogP contribution in [-0.2, 0) is 5.88 Å². The molecule has 0 unspecified atom stereocenters. The summed E-state index contributed by atoms with van der Waals surface area (Å²) in [5.74, 6) is -1.38. The predicted octanol–water partition coefficient (Wildman–Crippen LogP) is 6.66. The minimum absolute atomic E-state index is 0.0245. The maximum Gasteiger partial charge on any atom is 0.267 e. The summed E-state index contributed by atoms with van der Waals surface area (Å²) in [4.78, 5) is 25.6. The van der Waals surface area contributed by atoms with Gasteiger partial charge in [-0.15, -0.1) is 22.9 Å². The maximum absolute atomic E-state index is 12.8. The molecule has 3 N–H and O–H groups in total. The molecule has 0 spiro atoms. The Kier molecular flexibility index (Phi) is 6.93. The third-order valence-corrected chi connectivity index (χ3v) is 6.15. The van der Waals surface area contributed by atoms with Gasteiger partial charge in [-0.25, -0.2) is 0 Å². The molecule has 0 saturated carbocycles. The molecule has 0 aliphatic rings. The Morgan fingerprint density at radius 3 is 2.28 bits per heavy atom. The fourth-order valence-corrected chi connectivity index (χ4v) is 4.40. The zero-order chi connectivity index (χ0) is 21.1. The lowest BCUT2D eigenvalue weighted by molar-refractivity contribution is 0.102. The lowest BCUT2D eigenvalue weighted by Gasteiger charge is -2.14. The molecule has 3 aromatic rings. The van der Waals surface area contributed by atoms with Gasteiger partial charge in [-0.2, -0.15) is 0 Å². The van der Waals surface area contributed by atoms with Crippen molar-refractivity contribution in [3.63, 3.8) is 0 Å². The van der Waals surface area contributed by atoms with Crippen molar-refractivity contribution in [2.45, 2.75) is 5.88 Å². The molecule has 0 aliphatic carbocycles. The Morgan fingerprint density at radius 1 is 0.966 bits per heavy atom. The SMILES string of the molecule is O=C(Nc1ccc(Cl)cc1)c1cc(Cl)cc(O)c1NC(=O)c1scc(CCl)c1Cl. The van der Waals surface area contributed by atoms with Crippen molar-refractivity contribution in [3.05, 3.63) is 72.9 Å². The molecule has 2 aromatic carbocycles. The van der Waals surface area contributed by atoms with Gasteiger partial charge in [0.15, 0.2) is 0 Å². The topological polar surface area (TPSA) is 78.4 Å². The summed E-state index contributed by atoms with van der Waals surface area (Å²) < 4.78 is 0. The lowest BCUT2D eigenvalue weighted by atomic mass is 10.1. The highest BCUT2D eigenvalue weighted by atomic mass is 35.5. The van der Waals surface area contributed by atoms with E-state index in [-0.39, 0.29) is 37.8 Å². The van der Waals surface area contributed by atoms with Crippen molar-refractivity contribution in [1.82, 2.24) is 0 Å². The number of benzene rings is 2. The number of hydrogen-bond donors (Lipinski definition) is 3. The van der Waals surface area contributed by atoms with E-state index in [9.17, 15) is 14.7 Å². The number of nitrogens with one attached hydrogen (secondary N) is 2. The van der Waals surface area contributed by atoms with Crippen LogP contribution in [0.5, 0.6) is 5.75 Å². The summed E-state index contributed by atoms with van der Waals surface area (Å²) in [5, 5.41) is 18.0. The van der Waals surface area contributed by atoms with Crippen LogP contribution in [-0.4, -0.2) is 16.9 Å². The molecule has 10 heteroatoms. The van der Waals surface area contributed by atoms with Crippen LogP contribution in [0.3, 0.4) is 0 Å². The highest BCUT2D eigenvalue weighted by Gasteiger charge is 2.22. The van der Waals surface area contributed by atoms with Gasteiger partial charge in [0.1, 0.15) is 10.6 Å². The van der Waals surface area contributed by atoms with Crippen LogP contribution in [0.15, 0.2) is 41.8 Å². The van der Waals surface area contributed by atoms with Gasteiger partial charge in [0.05, 0.1) is 16.3 Å². The van der Waals surface area contributed by atoms with Crippen LogP contribution in [0.2, 0.25) is 15.1 Å². The quantitative estimate of drug-likeness (QED) is 0.277. The number of halogens is 4. The number of hydrogen-bond acceptors (Lipinski definition) is 4. The molecular weight excluding hydrogens is 478 g/mol. The van der Waals surface area contributed by atoms with Gasteiger partial charge in [0, 0.05) is 27.7 Å². The molecule has 1 heterocycles. The summed E-state index contributed by atoms with van der Waals surface area (Å²) in [7, 11) is 0. The van der Waals surface area contributed by atoms with Gasteiger partial charge in [-0.3, -0.25) is 9.59 Å². The van der Waals surface area contributed by atoms with E-state index in [1.54, 1.807) is 29.6 Å². The largest absolute Gasteiger partial charge is 0.506 e. The average molecular weight is 490 g/mol. The monoisotopic (exact) mass is 488 g/mol. The number of alkyl halides is 1. The smallest absolute Gasteiger partial charge is 0.267 e. The van der Waals surface area contributed by atoms with Crippen LogP contribution in [0.25, 0.3) is 0 Å². The number of thiophene rings is 1. The zero-order valence-corrected chi connectivity index (χ0v) is 18.3. The van der Waals surface area contributed by atoms with Gasteiger partial charge in [-0.1, -0.05) is 34.8 Å². The predicted molar refractivity (Wildman–Crippen MR) is 119 cm³/mol. The summed E-state index contributed by atoms with van der Waals surface area (Å²) in [5.41, 5.74) is 0.972. The second kappa shape index (κ2) is 9.24. The van der Waals surface area contributed by atoms with Gasteiger partial charge in [0.2, 0.25) is 0 Å². The molecular formula is C19H12Cl4N2O3S. The van der Waals surface area contributed by atoms with Gasteiger partial charge in [-0.05, 0) is 41.3 Å². The molecule has 0 bridgehead atoms. The van der Waals surface area contributed by atoms with E-state index in [0.29, 0.717) is 16.3 Å². The van der Waals surface area contributed by atoms with Crippen molar-refractivity contribution < 1.29 is 14.7 Å². The van der Waals surface area contributed by atoms with E-state index in [2.05, 4.69) is 10.6 Å².